The van der Waals surface area contributed by atoms with Crippen molar-refractivity contribution in [2.75, 3.05) is 11.9 Å². The Bertz CT molecular complexity index is 592. The van der Waals surface area contributed by atoms with Crippen LogP contribution in [0.3, 0.4) is 0 Å². The van der Waals surface area contributed by atoms with Crippen LogP contribution in [0.15, 0.2) is 24.5 Å². The molecule has 0 aliphatic heterocycles. The number of carboxylic acids is 1. The van der Waals surface area contributed by atoms with Crippen molar-refractivity contribution in [1.29, 1.82) is 0 Å². The molecule has 0 aliphatic rings. The van der Waals surface area contributed by atoms with E-state index in [1.54, 1.807) is 23.7 Å². The first-order valence-electron chi connectivity index (χ1n) is 5.98. The standard InChI is InChI=1S/C13H16N4O2/c1-9-11(13(18)19)3-4-12(16-9)14-6-5-10-7-15-17(2)8-10/h3-4,7-8H,5-6H2,1-2H3,(H,14,16)(H,18,19). The molecule has 19 heavy (non-hydrogen) atoms. The van der Waals surface area contributed by atoms with Crippen molar-refractivity contribution in [1.82, 2.24) is 14.8 Å². The zero-order valence-corrected chi connectivity index (χ0v) is 10.9. The first kappa shape index (κ1) is 13.1. The van der Waals surface area contributed by atoms with Crippen LogP contribution in [0, 0.1) is 6.92 Å². The number of aromatic nitrogens is 3. The molecule has 0 radical (unpaired) electrons. The van der Waals surface area contributed by atoms with Gasteiger partial charge < -0.3 is 10.4 Å². The monoisotopic (exact) mass is 260 g/mol. The van der Waals surface area contributed by atoms with Gasteiger partial charge in [-0.15, -0.1) is 0 Å². The van der Waals surface area contributed by atoms with Crippen LogP contribution in [0.2, 0.25) is 0 Å². The summed E-state index contributed by atoms with van der Waals surface area (Å²) in [6.07, 6.45) is 4.64. The number of aryl methyl sites for hydroxylation is 2. The van der Waals surface area contributed by atoms with Crippen LogP contribution < -0.4 is 5.32 Å². The van der Waals surface area contributed by atoms with Crippen LogP contribution in [0.5, 0.6) is 0 Å². The number of rotatable bonds is 5. The largest absolute Gasteiger partial charge is 0.478 e. The molecule has 0 saturated heterocycles. The minimum atomic E-state index is -0.952. The fourth-order valence-corrected chi connectivity index (χ4v) is 1.82. The average Bonchev–Trinajstić information content (AvgIpc) is 2.75. The molecule has 0 spiro atoms. The molecule has 2 aromatic rings. The van der Waals surface area contributed by atoms with E-state index in [-0.39, 0.29) is 5.56 Å². The quantitative estimate of drug-likeness (QED) is 0.851. The Balaban J connectivity index is 1.93. The number of carboxylic acid groups (broad SMARTS) is 1. The van der Waals surface area contributed by atoms with Gasteiger partial charge in [-0.3, -0.25) is 4.68 Å². The molecule has 0 aromatic carbocycles. The second-order valence-electron chi connectivity index (χ2n) is 4.33. The van der Waals surface area contributed by atoms with E-state index in [1.807, 2.05) is 19.4 Å². The van der Waals surface area contributed by atoms with Gasteiger partial charge >= 0.3 is 5.97 Å². The summed E-state index contributed by atoms with van der Waals surface area (Å²) in [6.45, 7) is 2.42. The Morgan fingerprint density at radius 3 is 2.84 bits per heavy atom. The van der Waals surface area contributed by atoms with Crippen molar-refractivity contribution in [2.24, 2.45) is 7.05 Å². The van der Waals surface area contributed by atoms with Crippen molar-refractivity contribution >= 4 is 11.8 Å². The number of nitrogens with zero attached hydrogens (tertiary/aromatic N) is 3. The van der Waals surface area contributed by atoms with E-state index >= 15 is 0 Å². The van der Waals surface area contributed by atoms with Crippen LogP contribution in [0.25, 0.3) is 0 Å². The van der Waals surface area contributed by atoms with Gasteiger partial charge in [0.05, 0.1) is 17.5 Å². The smallest absolute Gasteiger partial charge is 0.337 e. The lowest BCUT2D eigenvalue weighted by atomic mass is 10.2. The molecule has 0 saturated carbocycles. The van der Waals surface area contributed by atoms with Crippen molar-refractivity contribution in [3.05, 3.63) is 41.3 Å². The minimum absolute atomic E-state index is 0.234. The Kier molecular flexibility index (Phi) is 3.79. The van der Waals surface area contributed by atoms with Gasteiger partial charge in [0.1, 0.15) is 5.82 Å². The summed E-state index contributed by atoms with van der Waals surface area (Å²) in [5.74, 6) is -0.265. The summed E-state index contributed by atoms with van der Waals surface area (Å²) in [7, 11) is 1.88. The second-order valence-corrected chi connectivity index (χ2v) is 4.33. The molecule has 2 aromatic heterocycles. The molecule has 2 N–H and O–H groups in total. The summed E-state index contributed by atoms with van der Waals surface area (Å²) >= 11 is 0. The molecule has 2 heterocycles. The Morgan fingerprint density at radius 2 is 2.26 bits per heavy atom. The summed E-state index contributed by atoms with van der Waals surface area (Å²) < 4.78 is 1.76. The van der Waals surface area contributed by atoms with Gasteiger partial charge in [0.2, 0.25) is 0 Å². The lowest BCUT2D eigenvalue weighted by molar-refractivity contribution is 0.0695. The topological polar surface area (TPSA) is 80.0 Å². The summed E-state index contributed by atoms with van der Waals surface area (Å²) in [6, 6.07) is 3.25. The maximum atomic E-state index is 10.9. The van der Waals surface area contributed by atoms with Gasteiger partial charge in [0.25, 0.3) is 0 Å². The zero-order chi connectivity index (χ0) is 13.8. The molecule has 0 bridgehead atoms. The normalized spacial score (nSPS) is 10.4. The third kappa shape index (κ3) is 3.31. The first-order valence-corrected chi connectivity index (χ1v) is 5.98. The van der Waals surface area contributed by atoms with E-state index in [9.17, 15) is 4.79 Å². The van der Waals surface area contributed by atoms with Crippen molar-refractivity contribution in [2.45, 2.75) is 13.3 Å². The van der Waals surface area contributed by atoms with E-state index in [2.05, 4.69) is 15.4 Å². The Hall–Kier alpha value is -2.37. The highest BCUT2D eigenvalue weighted by atomic mass is 16.4. The fourth-order valence-electron chi connectivity index (χ4n) is 1.82. The van der Waals surface area contributed by atoms with E-state index < -0.39 is 5.97 Å². The molecule has 6 nitrogen and oxygen atoms in total. The second kappa shape index (κ2) is 5.51. The average molecular weight is 260 g/mol. The summed E-state index contributed by atoms with van der Waals surface area (Å²) in [5, 5.41) is 16.2. The fraction of sp³-hybridized carbons (Fsp3) is 0.308. The zero-order valence-electron chi connectivity index (χ0n) is 10.9. The number of pyridine rings is 1. The molecule has 100 valence electrons. The van der Waals surface area contributed by atoms with Crippen LogP contribution in [0.1, 0.15) is 21.6 Å². The number of nitrogens with one attached hydrogen (secondary N) is 1. The minimum Gasteiger partial charge on any atom is -0.478 e. The van der Waals surface area contributed by atoms with Crippen LogP contribution in [-0.2, 0) is 13.5 Å². The maximum absolute atomic E-state index is 10.9. The van der Waals surface area contributed by atoms with E-state index in [0.717, 1.165) is 18.5 Å². The van der Waals surface area contributed by atoms with Gasteiger partial charge in [-0.25, -0.2) is 9.78 Å². The molecule has 0 unspecified atom stereocenters. The SMILES string of the molecule is Cc1nc(NCCc2cnn(C)c2)ccc1C(=O)O. The predicted molar refractivity (Wildman–Crippen MR) is 71.3 cm³/mol. The van der Waals surface area contributed by atoms with Crippen LogP contribution in [-0.4, -0.2) is 32.4 Å². The first-order chi connectivity index (χ1) is 9.06. The van der Waals surface area contributed by atoms with Gasteiger partial charge in [-0.2, -0.15) is 5.10 Å². The molecule has 0 fully saturated rings. The van der Waals surface area contributed by atoms with Gasteiger partial charge in [-0.05, 0) is 31.0 Å². The number of aromatic carboxylic acids is 1. The molecule has 0 aliphatic carbocycles. The number of hydrogen-bond acceptors (Lipinski definition) is 4. The van der Waals surface area contributed by atoms with Crippen molar-refractivity contribution in [3.63, 3.8) is 0 Å². The highest BCUT2D eigenvalue weighted by Gasteiger charge is 2.08. The van der Waals surface area contributed by atoms with Crippen LogP contribution >= 0.6 is 0 Å². The molecule has 2 rings (SSSR count). The van der Waals surface area contributed by atoms with E-state index in [1.165, 1.54) is 0 Å². The van der Waals surface area contributed by atoms with Gasteiger partial charge in [-0.1, -0.05) is 0 Å². The molecular weight excluding hydrogens is 244 g/mol. The Labute approximate surface area is 111 Å². The third-order valence-corrected chi connectivity index (χ3v) is 2.79. The summed E-state index contributed by atoms with van der Waals surface area (Å²) in [5.41, 5.74) is 1.89. The molecule has 0 amide bonds. The molecule has 0 atom stereocenters. The van der Waals surface area contributed by atoms with Crippen molar-refractivity contribution < 1.29 is 9.90 Å². The highest BCUT2D eigenvalue weighted by molar-refractivity contribution is 5.89. The number of anilines is 1. The maximum Gasteiger partial charge on any atom is 0.337 e. The third-order valence-electron chi connectivity index (χ3n) is 2.79. The number of hydrogen-bond donors (Lipinski definition) is 2. The number of carbonyl (C=O) groups is 1. The van der Waals surface area contributed by atoms with E-state index in [4.69, 9.17) is 5.11 Å². The molecular formula is C13H16N4O2. The van der Waals surface area contributed by atoms with E-state index in [0.29, 0.717) is 11.5 Å². The summed E-state index contributed by atoms with van der Waals surface area (Å²) in [4.78, 5) is 15.1. The Morgan fingerprint density at radius 1 is 1.47 bits per heavy atom. The lowest BCUT2D eigenvalue weighted by Gasteiger charge is -2.07. The predicted octanol–water partition coefficient (Wildman–Crippen LogP) is 1.48. The lowest BCUT2D eigenvalue weighted by Crippen LogP contribution is -2.08. The van der Waals surface area contributed by atoms with Gasteiger partial charge in [0.15, 0.2) is 0 Å². The van der Waals surface area contributed by atoms with Gasteiger partial charge in [0, 0.05) is 19.8 Å². The van der Waals surface area contributed by atoms with Crippen LogP contribution in [0.4, 0.5) is 5.82 Å². The van der Waals surface area contributed by atoms with Crippen molar-refractivity contribution in [3.8, 4) is 0 Å². The molecule has 6 heteroatoms. The highest BCUT2D eigenvalue weighted by Crippen LogP contribution is 2.10.